The van der Waals surface area contributed by atoms with Gasteiger partial charge in [-0.3, -0.25) is 0 Å². The Balaban J connectivity index is 2.13. The summed E-state index contributed by atoms with van der Waals surface area (Å²) in [5, 5.41) is 0. The van der Waals surface area contributed by atoms with Gasteiger partial charge in [0, 0.05) is 25.3 Å². The van der Waals surface area contributed by atoms with Crippen LogP contribution in [0.5, 0.6) is 0 Å². The van der Waals surface area contributed by atoms with Crippen LogP contribution in [0.25, 0.3) is 0 Å². The van der Waals surface area contributed by atoms with Crippen LogP contribution in [0.4, 0.5) is 0 Å². The smallest absolute Gasteiger partial charge is 0.344 e. The number of hydrogen-bond donors (Lipinski definition) is 0. The zero-order valence-electron chi connectivity index (χ0n) is 11.7. The van der Waals surface area contributed by atoms with Gasteiger partial charge >= 0.3 is 8.56 Å². The van der Waals surface area contributed by atoms with Gasteiger partial charge < -0.3 is 8.85 Å². The highest BCUT2D eigenvalue weighted by Gasteiger charge is 2.52. The fraction of sp³-hybridized carbons (Fsp3) is 1.00. The molecule has 2 aliphatic rings. The van der Waals surface area contributed by atoms with Crippen LogP contribution >= 0.6 is 0 Å². The Hall–Kier alpha value is 0.137. The van der Waals surface area contributed by atoms with Gasteiger partial charge in [0.2, 0.25) is 0 Å². The molecule has 0 saturated heterocycles. The van der Waals surface area contributed by atoms with E-state index in [1.165, 1.54) is 51.4 Å². The summed E-state index contributed by atoms with van der Waals surface area (Å²) in [6.45, 7) is 2.39. The summed E-state index contributed by atoms with van der Waals surface area (Å²) in [4.78, 5) is 0. The molecule has 2 rings (SSSR count). The molecule has 0 spiro atoms. The molecule has 0 aromatic rings. The molecule has 2 aliphatic carbocycles. The topological polar surface area (TPSA) is 18.5 Å². The molecule has 0 heterocycles. The highest BCUT2D eigenvalue weighted by molar-refractivity contribution is 6.70. The minimum atomic E-state index is -1.95. The summed E-state index contributed by atoms with van der Waals surface area (Å²) < 4.78 is 12.2. The molecule has 0 aromatic carbocycles. The van der Waals surface area contributed by atoms with Crippen molar-refractivity contribution in [1.29, 1.82) is 0 Å². The molecule has 0 amide bonds. The highest BCUT2D eigenvalue weighted by Crippen LogP contribution is 2.50. The Morgan fingerprint density at radius 2 is 1.41 bits per heavy atom. The second-order valence-electron chi connectivity index (χ2n) is 6.08. The Kier molecular flexibility index (Phi) is 4.67. The van der Waals surface area contributed by atoms with Crippen molar-refractivity contribution in [2.45, 2.75) is 69.4 Å². The monoisotopic (exact) mass is 256 g/mol. The third-order valence-electron chi connectivity index (χ3n) is 5.07. The Morgan fingerprint density at radius 1 is 0.824 bits per heavy atom. The van der Waals surface area contributed by atoms with Crippen molar-refractivity contribution in [1.82, 2.24) is 0 Å². The molecular weight excluding hydrogens is 228 g/mol. The summed E-state index contributed by atoms with van der Waals surface area (Å²) in [6.07, 6.45) is 10.9. The van der Waals surface area contributed by atoms with Gasteiger partial charge in [-0.2, -0.15) is 0 Å². The first-order valence-electron chi connectivity index (χ1n) is 7.33. The van der Waals surface area contributed by atoms with Crippen LogP contribution in [0.3, 0.4) is 0 Å². The van der Waals surface area contributed by atoms with Gasteiger partial charge in [0.25, 0.3) is 0 Å². The van der Waals surface area contributed by atoms with Crippen molar-refractivity contribution in [3.63, 3.8) is 0 Å². The first-order chi connectivity index (χ1) is 8.23. The van der Waals surface area contributed by atoms with Gasteiger partial charge in [0.15, 0.2) is 0 Å². The van der Waals surface area contributed by atoms with E-state index in [-0.39, 0.29) is 0 Å². The lowest BCUT2D eigenvalue weighted by atomic mass is 9.90. The van der Waals surface area contributed by atoms with Gasteiger partial charge in [-0.1, -0.05) is 32.6 Å². The zero-order valence-corrected chi connectivity index (χ0v) is 12.7. The van der Waals surface area contributed by atoms with Gasteiger partial charge in [0.05, 0.1) is 0 Å². The number of rotatable bonds is 4. The summed E-state index contributed by atoms with van der Waals surface area (Å²) in [5.74, 6) is 0.868. The Morgan fingerprint density at radius 3 is 1.94 bits per heavy atom. The third-order valence-corrected chi connectivity index (χ3v) is 9.72. The van der Waals surface area contributed by atoms with Crippen LogP contribution in [-0.2, 0) is 8.85 Å². The van der Waals surface area contributed by atoms with Gasteiger partial charge in [-0.25, -0.2) is 0 Å². The molecular formula is C14H28O2Si. The van der Waals surface area contributed by atoms with Crippen molar-refractivity contribution in [3.8, 4) is 0 Å². The predicted molar refractivity (Wildman–Crippen MR) is 73.4 cm³/mol. The highest BCUT2D eigenvalue weighted by atomic mass is 28.4. The Bertz CT molecular complexity index is 234. The molecule has 0 bridgehead atoms. The minimum Gasteiger partial charge on any atom is -0.397 e. The lowest BCUT2D eigenvalue weighted by Gasteiger charge is -2.42. The molecule has 2 unspecified atom stereocenters. The zero-order chi connectivity index (χ0) is 12.3. The van der Waals surface area contributed by atoms with E-state index in [4.69, 9.17) is 8.85 Å². The molecule has 2 fully saturated rings. The van der Waals surface area contributed by atoms with Crippen molar-refractivity contribution in [2.24, 2.45) is 5.92 Å². The van der Waals surface area contributed by atoms with Gasteiger partial charge in [0.1, 0.15) is 0 Å². The fourth-order valence-electron chi connectivity index (χ4n) is 4.21. The fourth-order valence-corrected chi connectivity index (χ4v) is 8.93. The predicted octanol–water partition coefficient (Wildman–Crippen LogP) is 4.25. The lowest BCUT2D eigenvalue weighted by molar-refractivity contribution is 0.195. The average molecular weight is 256 g/mol. The second-order valence-corrected chi connectivity index (χ2v) is 9.97. The van der Waals surface area contributed by atoms with Crippen LogP contribution in [-0.4, -0.2) is 22.8 Å². The van der Waals surface area contributed by atoms with E-state index < -0.39 is 8.56 Å². The van der Waals surface area contributed by atoms with E-state index >= 15 is 0 Å². The molecule has 100 valence electrons. The maximum Gasteiger partial charge on any atom is 0.344 e. The van der Waals surface area contributed by atoms with E-state index in [1.807, 2.05) is 14.2 Å². The molecule has 2 nitrogen and oxygen atoms in total. The summed E-state index contributed by atoms with van der Waals surface area (Å²) in [6, 6.07) is 0. The molecule has 2 saturated carbocycles. The van der Waals surface area contributed by atoms with E-state index in [0.717, 1.165) is 17.0 Å². The third kappa shape index (κ3) is 2.61. The molecule has 0 N–H and O–H groups in total. The van der Waals surface area contributed by atoms with Crippen LogP contribution in [0.2, 0.25) is 11.1 Å². The SMILES string of the molecule is CO[Si](OC)(C1CCCC1)C1CCCC(C)C1. The first kappa shape index (κ1) is 13.6. The molecule has 0 aliphatic heterocycles. The van der Waals surface area contributed by atoms with Crippen LogP contribution < -0.4 is 0 Å². The summed E-state index contributed by atoms with van der Waals surface area (Å²) in [5.41, 5.74) is 1.50. The number of hydrogen-bond acceptors (Lipinski definition) is 2. The maximum absolute atomic E-state index is 6.08. The van der Waals surface area contributed by atoms with Gasteiger partial charge in [-0.15, -0.1) is 0 Å². The summed E-state index contributed by atoms with van der Waals surface area (Å²) in [7, 11) is 1.87. The molecule has 0 aromatic heterocycles. The van der Waals surface area contributed by atoms with Crippen LogP contribution in [0.15, 0.2) is 0 Å². The van der Waals surface area contributed by atoms with E-state index in [0.29, 0.717) is 0 Å². The quantitative estimate of drug-likeness (QED) is 0.700. The van der Waals surface area contributed by atoms with Crippen LogP contribution in [0.1, 0.15) is 58.3 Å². The van der Waals surface area contributed by atoms with Crippen molar-refractivity contribution in [3.05, 3.63) is 0 Å². The van der Waals surface area contributed by atoms with Gasteiger partial charge in [-0.05, 0) is 31.6 Å². The minimum absolute atomic E-state index is 0.740. The van der Waals surface area contributed by atoms with E-state index in [2.05, 4.69) is 6.92 Å². The van der Waals surface area contributed by atoms with Crippen molar-refractivity contribution in [2.75, 3.05) is 14.2 Å². The second kappa shape index (κ2) is 5.85. The average Bonchev–Trinajstić information content (AvgIpc) is 2.86. The standard InChI is InChI=1S/C14H28O2Si/c1-12-7-6-10-14(11-12)17(15-2,16-3)13-8-4-5-9-13/h12-14H,4-11H2,1-3H3. The van der Waals surface area contributed by atoms with Crippen molar-refractivity contribution < 1.29 is 8.85 Å². The molecule has 2 atom stereocenters. The maximum atomic E-state index is 6.08. The molecule has 3 heteroatoms. The van der Waals surface area contributed by atoms with E-state index in [1.54, 1.807) is 0 Å². The first-order valence-corrected chi connectivity index (χ1v) is 9.30. The molecule has 0 radical (unpaired) electrons. The summed E-state index contributed by atoms with van der Waals surface area (Å²) >= 11 is 0. The lowest BCUT2D eigenvalue weighted by Crippen LogP contribution is -2.50. The molecule has 17 heavy (non-hydrogen) atoms. The van der Waals surface area contributed by atoms with Crippen LogP contribution in [0, 0.1) is 5.92 Å². The van der Waals surface area contributed by atoms with Crippen molar-refractivity contribution >= 4 is 8.56 Å². The largest absolute Gasteiger partial charge is 0.397 e. The normalized spacial score (nSPS) is 31.9. The van der Waals surface area contributed by atoms with E-state index in [9.17, 15) is 0 Å². The Labute approximate surface area is 107 Å².